The minimum Gasteiger partial charge on any atom is -0.383 e. The van der Waals surface area contributed by atoms with Crippen LogP contribution in [0.4, 0.5) is 0 Å². The second-order valence-electron chi connectivity index (χ2n) is 5.93. The molecule has 3 aromatic rings. The number of aryl methyl sites for hydroxylation is 1. The predicted molar refractivity (Wildman–Crippen MR) is 96.7 cm³/mol. The Morgan fingerprint density at radius 1 is 1.32 bits per heavy atom. The van der Waals surface area contributed by atoms with E-state index in [4.69, 9.17) is 4.74 Å². The summed E-state index contributed by atoms with van der Waals surface area (Å²) in [7, 11) is 3.20. The highest BCUT2D eigenvalue weighted by Gasteiger charge is 2.25. The lowest BCUT2D eigenvalue weighted by atomic mass is 10.2. The number of nitrogens with zero attached hydrogens (tertiary/aromatic N) is 3. The number of hydrogen-bond acceptors (Lipinski definition) is 4. The van der Waals surface area contributed by atoms with Crippen molar-refractivity contribution in [1.29, 1.82) is 0 Å². The van der Waals surface area contributed by atoms with Gasteiger partial charge >= 0.3 is 0 Å². The van der Waals surface area contributed by atoms with Crippen molar-refractivity contribution >= 4 is 27.7 Å². The van der Waals surface area contributed by atoms with Crippen molar-refractivity contribution in [2.45, 2.75) is 19.4 Å². The number of fused-ring (bicyclic) bond motifs is 3. The maximum atomic E-state index is 12.7. The fraction of sp³-hybridized carbons (Fsp3) is 0.389. The summed E-state index contributed by atoms with van der Waals surface area (Å²) in [5.41, 5.74) is 1.15. The monoisotopic (exact) mass is 342 g/mol. The summed E-state index contributed by atoms with van der Waals surface area (Å²) in [4.78, 5) is 25.5. The zero-order valence-electron chi connectivity index (χ0n) is 14.7. The second-order valence-corrected chi connectivity index (χ2v) is 5.93. The minimum absolute atomic E-state index is 0.124. The molecule has 0 bridgehead atoms. The normalized spacial score (nSPS) is 12.6. The molecular weight excluding hydrogens is 320 g/mol. The standard InChI is InChI=1S/C18H22N4O3/c1-4-14(17(23)19-9-10-25-3)22-15-8-6-5-7-12(15)13-11-20-21(2)18(24)16(13)22/h5-8,11,14H,4,9-10H2,1-3H3,(H,19,23). The number of carbonyl (C=O) groups excluding carboxylic acids is 1. The quantitative estimate of drug-likeness (QED) is 0.690. The van der Waals surface area contributed by atoms with Crippen LogP contribution in [0.1, 0.15) is 19.4 Å². The van der Waals surface area contributed by atoms with Crippen LogP contribution in [0.15, 0.2) is 35.3 Å². The number of ether oxygens (including phenoxy) is 1. The summed E-state index contributed by atoms with van der Waals surface area (Å²) in [5, 5.41) is 8.70. The maximum absolute atomic E-state index is 12.7. The summed E-state index contributed by atoms with van der Waals surface area (Å²) in [6, 6.07) is 7.23. The highest BCUT2D eigenvalue weighted by Crippen LogP contribution is 2.30. The Morgan fingerprint density at radius 3 is 2.80 bits per heavy atom. The molecule has 7 heteroatoms. The van der Waals surface area contributed by atoms with E-state index in [0.29, 0.717) is 25.1 Å². The zero-order valence-corrected chi connectivity index (χ0v) is 14.7. The van der Waals surface area contributed by atoms with Gasteiger partial charge in [0.2, 0.25) is 5.91 Å². The number of carbonyl (C=O) groups is 1. The fourth-order valence-electron chi connectivity index (χ4n) is 3.19. The fourth-order valence-corrected chi connectivity index (χ4v) is 3.19. The van der Waals surface area contributed by atoms with Gasteiger partial charge in [-0.25, -0.2) is 4.68 Å². The van der Waals surface area contributed by atoms with Crippen LogP contribution in [-0.4, -0.2) is 40.5 Å². The van der Waals surface area contributed by atoms with Crippen LogP contribution in [0.2, 0.25) is 0 Å². The lowest BCUT2D eigenvalue weighted by Gasteiger charge is -2.19. The first-order valence-electron chi connectivity index (χ1n) is 8.31. The van der Waals surface area contributed by atoms with Crippen molar-refractivity contribution < 1.29 is 9.53 Å². The predicted octanol–water partition coefficient (Wildman–Crippen LogP) is 1.60. The molecule has 2 heterocycles. The molecule has 3 rings (SSSR count). The van der Waals surface area contributed by atoms with Gasteiger partial charge in [-0.1, -0.05) is 25.1 Å². The Hall–Kier alpha value is -2.67. The van der Waals surface area contributed by atoms with Gasteiger partial charge in [0.15, 0.2) is 0 Å². The van der Waals surface area contributed by atoms with E-state index in [1.807, 2.05) is 35.8 Å². The van der Waals surface area contributed by atoms with Crippen molar-refractivity contribution in [1.82, 2.24) is 19.7 Å². The molecule has 0 radical (unpaired) electrons. The van der Waals surface area contributed by atoms with Crippen molar-refractivity contribution in [2.24, 2.45) is 7.05 Å². The third-order valence-electron chi connectivity index (χ3n) is 4.41. The molecule has 1 amide bonds. The van der Waals surface area contributed by atoms with Crippen LogP contribution in [0.3, 0.4) is 0 Å². The van der Waals surface area contributed by atoms with Crippen molar-refractivity contribution in [3.63, 3.8) is 0 Å². The molecule has 25 heavy (non-hydrogen) atoms. The SMILES string of the molecule is CCC(C(=O)NCCOC)n1c2ccccc2c2cnn(C)c(=O)c21. The van der Waals surface area contributed by atoms with E-state index in [2.05, 4.69) is 10.4 Å². The van der Waals surface area contributed by atoms with E-state index in [-0.39, 0.29) is 11.5 Å². The van der Waals surface area contributed by atoms with Crippen molar-refractivity contribution in [2.75, 3.05) is 20.3 Å². The molecule has 0 saturated heterocycles. The molecule has 0 aliphatic heterocycles. The number of nitrogens with one attached hydrogen (secondary N) is 1. The van der Waals surface area contributed by atoms with Gasteiger partial charge in [0, 0.05) is 31.5 Å². The molecule has 0 fully saturated rings. The van der Waals surface area contributed by atoms with E-state index < -0.39 is 6.04 Å². The van der Waals surface area contributed by atoms with Crippen LogP contribution in [0.25, 0.3) is 21.8 Å². The molecule has 0 aliphatic rings. The zero-order chi connectivity index (χ0) is 18.0. The maximum Gasteiger partial charge on any atom is 0.291 e. The van der Waals surface area contributed by atoms with Crippen LogP contribution in [0.5, 0.6) is 0 Å². The minimum atomic E-state index is -0.477. The van der Waals surface area contributed by atoms with Gasteiger partial charge in [0.1, 0.15) is 11.6 Å². The largest absolute Gasteiger partial charge is 0.383 e. The smallest absolute Gasteiger partial charge is 0.291 e. The molecule has 132 valence electrons. The molecule has 1 unspecified atom stereocenters. The van der Waals surface area contributed by atoms with Gasteiger partial charge in [-0.05, 0) is 12.5 Å². The summed E-state index contributed by atoms with van der Waals surface area (Å²) in [6.45, 7) is 2.82. The summed E-state index contributed by atoms with van der Waals surface area (Å²) in [5.74, 6) is -0.124. The third kappa shape index (κ3) is 2.91. The average molecular weight is 342 g/mol. The topological polar surface area (TPSA) is 78.2 Å². The Bertz CT molecular complexity index is 974. The van der Waals surface area contributed by atoms with Gasteiger partial charge in [-0.15, -0.1) is 0 Å². The summed E-state index contributed by atoms with van der Waals surface area (Å²) in [6.07, 6.45) is 2.25. The van der Waals surface area contributed by atoms with Crippen LogP contribution < -0.4 is 10.9 Å². The first-order valence-corrected chi connectivity index (χ1v) is 8.31. The lowest BCUT2D eigenvalue weighted by Crippen LogP contribution is -2.35. The second kappa shape index (κ2) is 7.06. The molecule has 0 spiro atoms. The van der Waals surface area contributed by atoms with Gasteiger partial charge < -0.3 is 14.6 Å². The van der Waals surface area contributed by atoms with Crippen molar-refractivity contribution in [3.8, 4) is 0 Å². The molecule has 2 aromatic heterocycles. The van der Waals surface area contributed by atoms with E-state index in [1.165, 1.54) is 4.68 Å². The number of methoxy groups -OCH3 is 1. The molecular formula is C18H22N4O3. The number of hydrogen-bond donors (Lipinski definition) is 1. The van der Waals surface area contributed by atoms with E-state index >= 15 is 0 Å². The van der Waals surface area contributed by atoms with Crippen molar-refractivity contribution in [3.05, 3.63) is 40.8 Å². The molecule has 7 nitrogen and oxygen atoms in total. The Balaban J connectivity index is 2.23. The highest BCUT2D eigenvalue weighted by molar-refractivity contribution is 6.08. The molecule has 1 aromatic carbocycles. The average Bonchev–Trinajstić information content (AvgIpc) is 2.94. The first-order chi connectivity index (χ1) is 12.1. The number of amides is 1. The number of aromatic nitrogens is 3. The molecule has 1 N–H and O–H groups in total. The lowest BCUT2D eigenvalue weighted by molar-refractivity contribution is -0.124. The first kappa shape index (κ1) is 17.2. The van der Waals surface area contributed by atoms with E-state index in [0.717, 1.165) is 16.3 Å². The Labute approximate surface area is 145 Å². The van der Waals surface area contributed by atoms with E-state index in [1.54, 1.807) is 20.4 Å². The van der Waals surface area contributed by atoms with Crippen LogP contribution in [-0.2, 0) is 16.6 Å². The summed E-state index contributed by atoms with van der Waals surface area (Å²) >= 11 is 0. The van der Waals surface area contributed by atoms with Crippen LogP contribution in [0, 0.1) is 0 Å². The highest BCUT2D eigenvalue weighted by atomic mass is 16.5. The van der Waals surface area contributed by atoms with Gasteiger partial charge in [-0.3, -0.25) is 9.59 Å². The summed E-state index contributed by atoms with van der Waals surface area (Å²) < 4.78 is 8.13. The molecule has 1 atom stereocenters. The Morgan fingerprint density at radius 2 is 2.08 bits per heavy atom. The molecule has 0 saturated carbocycles. The Kier molecular flexibility index (Phi) is 4.85. The van der Waals surface area contributed by atoms with Gasteiger partial charge in [0.05, 0.1) is 18.3 Å². The van der Waals surface area contributed by atoms with E-state index in [9.17, 15) is 9.59 Å². The third-order valence-corrected chi connectivity index (χ3v) is 4.41. The number of benzene rings is 1. The van der Waals surface area contributed by atoms with Crippen LogP contribution >= 0.6 is 0 Å². The van der Waals surface area contributed by atoms with Gasteiger partial charge in [-0.2, -0.15) is 5.10 Å². The number of rotatable bonds is 6. The van der Waals surface area contributed by atoms with Gasteiger partial charge in [0.25, 0.3) is 5.56 Å². The molecule has 0 aliphatic carbocycles. The number of para-hydroxylation sites is 1.